The first kappa shape index (κ1) is 27.5. The highest BCUT2D eigenvalue weighted by Crippen LogP contribution is 2.67. The van der Waals surface area contributed by atoms with Crippen molar-refractivity contribution < 1.29 is 19.1 Å². The summed E-state index contributed by atoms with van der Waals surface area (Å²) in [5, 5.41) is 0. The second-order valence-corrected chi connectivity index (χ2v) is 13.6. The van der Waals surface area contributed by atoms with Crippen LogP contribution in [0.15, 0.2) is 23.8 Å². The van der Waals surface area contributed by atoms with Crippen LogP contribution in [0.25, 0.3) is 0 Å². The van der Waals surface area contributed by atoms with Gasteiger partial charge in [0.1, 0.15) is 12.2 Å². The van der Waals surface area contributed by atoms with E-state index in [4.69, 9.17) is 9.47 Å². The molecule has 3 saturated carbocycles. The number of hydrogen-bond acceptors (Lipinski definition) is 4. The summed E-state index contributed by atoms with van der Waals surface area (Å²) in [6.45, 7) is 17.3. The smallest absolute Gasteiger partial charge is 0.302 e. The van der Waals surface area contributed by atoms with E-state index in [-0.39, 0.29) is 40.9 Å². The summed E-state index contributed by atoms with van der Waals surface area (Å²) >= 11 is 0. The van der Waals surface area contributed by atoms with E-state index >= 15 is 0 Å². The third-order valence-corrected chi connectivity index (χ3v) is 11.1. The van der Waals surface area contributed by atoms with E-state index in [0.29, 0.717) is 35.5 Å². The molecule has 0 aromatic rings. The minimum atomic E-state index is -0.176. The Balaban J connectivity index is 1.64. The highest BCUT2D eigenvalue weighted by Gasteiger charge is 2.62. The lowest BCUT2D eigenvalue weighted by Crippen LogP contribution is -2.56. The molecule has 0 heterocycles. The van der Waals surface area contributed by atoms with Crippen LogP contribution < -0.4 is 0 Å². The highest BCUT2D eigenvalue weighted by molar-refractivity contribution is 5.66. The fraction of sp³-hybridized carbons (Fsp3) is 0.812. The van der Waals surface area contributed by atoms with Crippen LogP contribution >= 0.6 is 0 Å². The maximum atomic E-state index is 12.4. The Bertz CT molecular complexity index is 902. The van der Waals surface area contributed by atoms with Crippen molar-refractivity contribution in [1.82, 2.24) is 0 Å². The van der Waals surface area contributed by atoms with Crippen LogP contribution in [-0.4, -0.2) is 24.1 Å². The minimum Gasteiger partial charge on any atom is -0.463 e. The number of allylic oxidation sites excluding steroid dienone is 3. The molecule has 4 aliphatic rings. The number of esters is 2. The molecule has 0 aromatic heterocycles. The molecule has 0 aromatic carbocycles. The molecule has 0 N–H and O–H groups in total. The zero-order chi connectivity index (χ0) is 26.4. The van der Waals surface area contributed by atoms with Gasteiger partial charge in [-0.2, -0.15) is 0 Å². The van der Waals surface area contributed by atoms with E-state index in [1.807, 2.05) is 0 Å². The number of rotatable bonds is 6. The van der Waals surface area contributed by atoms with Crippen LogP contribution in [0, 0.1) is 52.3 Å². The molecule has 0 saturated heterocycles. The van der Waals surface area contributed by atoms with E-state index in [0.717, 1.165) is 32.1 Å². The lowest BCUT2D eigenvalue weighted by molar-refractivity contribution is -0.168. The van der Waals surface area contributed by atoms with Gasteiger partial charge in [-0.15, -0.1) is 0 Å². The monoisotopic (exact) mass is 498 g/mol. The molecule has 10 unspecified atom stereocenters. The van der Waals surface area contributed by atoms with Crippen molar-refractivity contribution in [3.63, 3.8) is 0 Å². The van der Waals surface area contributed by atoms with Crippen molar-refractivity contribution in [3.05, 3.63) is 23.8 Å². The maximum absolute atomic E-state index is 12.4. The Hall–Kier alpha value is -1.58. The zero-order valence-electron chi connectivity index (χ0n) is 24.0. The van der Waals surface area contributed by atoms with E-state index in [1.165, 1.54) is 19.8 Å². The van der Waals surface area contributed by atoms with Crippen LogP contribution in [0.1, 0.15) is 100 Å². The van der Waals surface area contributed by atoms with E-state index in [2.05, 4.69) is 59.8 Å². The van der Waals surface area contributed by atoms with Gasteiger partial charge in [0.05, 0.1) is 0 Å². The quantitative estimate of drug-likeness (QED) is 0.281. The van der Waals surface area contributed by atoms with Gasteiger partial charge in [-0.05, 0) is 91.3 Å². The van der Waals surface area contributed by atoms with Crippen molar-refractivity contribution in [2.45, 2.75) is 113 Å². The molecular formula is C32H50O4. The van der Waals surface area contributed by atoms with Crippen molar-refractivity contribution in [2.24, 2.45) is 52.3 Å². The molecular weight excluding hydrogens is 448 g/mol. The number of hydrogen-bond donors (Lipinski definition) is 0. The molecule has 4 rings (SSSR count). The Morgan fingerprint density at radius 2 is 1.67 bits per heavy atom. The van der Waals surface area contributed by atoms with E-state index < -0.39 is 0 Å². The molecule has 0 aliphatic heterocycles. The van der Waals surface area contributed by atoms with Gasteiger partial charge in [0.25, 0.3) is 0 Å². The Morgan fingerprint density at radius 1 is 0.972 bits per heavy atom. The van der Waals surface area contributed by atoms with Crippen molar-refractivity contribution in [2.75, 3.05) is 0 Å². The molecule has 3 fully saturated rings. The first-order valence-electron chi connectivity index (χ1n) is 14.6. The lowest BCUT2D eigenvalue weighted by atomic mass is 9.46. The number of ether oxygens (including phenoxy) is 2. The average molecular weight is 499 g/mol. The fourth-order valence-electron chi connectivity index (χ4n) is 8.83. The number of fused-ring (bicyclic) bond motifs is 5. The van der Waals surface area contributed by atoms with Gasteiger partial charge in [0, 0.05) is 19.8 Å². The molecule has 0 bridgehead atoms. The molecule has 202 valence electrons. The summed E-state index contributed by atoms with van der Waals surface area (Å²) in [7, 11) is 0. The molecule has 0 spiro atoms. The van der Waals surface area contributed by atoms with Gasteiger partial charge < -0.3 is 9.47 Å². The Kier molecular flexibility index (Phi) is 7.85. The van der Waals surface area contributed by atoms with Gasteiger partial charge in [0.2, 0.25) is 0 Å². The standard InChI is InChI=1S/C32H50O4/c1-19(2)20(3)9-10-21(4)27-13-14-28-26-12-11-24-17-25(35-22(5)33)15-16-31(24,7)30(26)29(36-23(6)34)18-32(27,28)8/h9-10,12,19-21,24-25,27-30H,11,13-18H2,1-8H3. The van der Waals surface area contributed by atoms with Crippen LogP contribution in [0.2, 0.25) is 0 Å². The highest BCUT2D eigenvalue weighted by atomic mass is 16.5. The minimum absolute atomic E-state index is 0.0216. The molecule has 36 heavy (non-hydrogen) atoms. The normalized spacial score (nSPS) is 41.6. The molecule has 4 nitrogen and oxygen atoms in total. The van der Waals surface area contributed by atoms with Gasteiger partial charge in [0.15, 0.2) is 0 Å². The number of carbonyl (C=O) groups excluding carboxylic acids is 2. The van der Waals surface area contributed by atoms with Gasteiger partial charge >= 0.3 is 11.9 Å². The zero-order valence-corrected chi connectivity index (χ0v) is 24.0. The average Bonchev–Trinajstić information content (AvgIpc) is 3.13. The summed E-state index contributed by atoms with van der Waals surface area (Å²) in [6, 6.07) is 0. The topological polar surface area (TPSA) is 52.6 Å². The maximum Gasteiger partial charge on any atom is 0.302 e. The van der Waals surface area contributed by atoms with Crippen LogP contribution in [0.4, 0.5) is 0 Å². The lowest BCUT2D eigenvalue weighted by Gasteiger charge is -2.59. The first-order chi connectivity index (χ1) is 16.9. The summed E-state index contributed by atoms with van der Waals surface area (Å²) in [6.07, 6.45) is 14.7. The summed E-state index contributed by atoms with van der Waals surface area (Å²) < 4.78 is 11.9. The fourth-order valence-corrected chi connectivity index (χ4v) is 8.83. The molecule has 0 radical (unpaired) electrons. The third-order valence-electron chi connectivity index (χ3n) is 11.1. The second-order valence-electron chi connectivity index (χ2n) is 13.6. The predicted molar refractivity (Wildman–Crippen MR) is 144 cm³/mol. The van der Waals surface area contributed by atoms with Crippen molar-refractivity contribution in [3.8, 4) is 0 Å². The van der Waals surface area contributed by atoms with Gasteiger partial charge in [-0.3, -0.25) is 9.59 Å². The van der Waals surface area contributed by atoms with Crippen LogP contribution in [0.3, 0.4) is 0 Å². The van der Waals surface area contributed by atoms with Gasteiger partial charge in [-0.25, -0.2) is 0 Å². The summed E-state index contributed by atoms with van der Waals surface area (Å²) in [5.74, 6) is 3.33. The van der Waals surface area contributed by atoms with Gasteiger partial charge in [-0.1, -0.05) is 65.3 Å². The molecule has 4 heteroatoms. The largest absolute Gasteiger partial charge is 0.463 e. The van der Waals surface area contributed by atoms with Crippen LogP contribution in [-0.2, 0) is 19.1 Å². The van der Waals surface area contributed by atoms with Crippen molar-refractivity contribution >= 4 is 11.9 Å². The Labute approximate surface area is 219 Å². The molecule has 4 aliphatic carbocycles. The molecule has 10 atom stereocenters. The second kappa shape index (κ2) is 10.3. The van der Waals surface area contributed by atoms with E-state index in [9.17, 15) is 9.59 Å². The summed E-state index contributed by atoms with van der Waals surface area (Å²) in [5.41, 5.74) is 1.80. The SMILES string of the molecule is CC(=O)OC1CCC2(C)C(CC=C3C4CCC(C(C)C=CC(C)C(C)C)C4(C)CC(OC(C)=O)C32)C1. The van der Waals surface area contributed by atoms with E-state index in [1.54, 1.807) is 12.5 Å². The van der Waals surface area contributed by atoms with Crippen LogP contribution in [0.5, 0.6) is 0 Å². The van der Waals surface area contributed by atoms with Crippen molar-refractivity contribution in [1.29, 1.82) is 0 Å². The third kappa shape index (κ3) is 4.95. The summed E-state index contributed by atoms with van der Waals surface area (Å²) in [4.78, 5) is 24.0. The first-order valence-corrected chi connectivity index (χ1v) is 14.6. The number of carbonyl (C=O) groups is 2. The predicted octanol–water partition coefficient (Wildman–Crippen LogP) is 7.52. The molecule has 0 amide bonds. The Morgan fingerprint density at radius 3 is 2.31 bits per heavy atom.